The quantitative estimate of drug-likeness (QED) is 0.845. The van der Waals surface area contributed by atoms with Crippen molar-refractivity contribution in [3.63, 3.8) is 0 Å². The lowest BCUT2D eigenvalue weighted by molar-refractivity contribution is 0.417. The Hall–Kier alpha value is -1.24. The van der Waals surface area contributed by atoms with E-state index in [0.29, 0.717) is 18.0 Å². The van der Waals surface area contributed by atoms with Gasteiger partial charge in [0.05, 0.1) is 16.4 Å². The topological polar surface area (TPSA) is 50.5 Å². The lowest BCUT2D eigenvalue weighted by Gasteiger charge is -2.21. The third-order valence-corrected chi connectivity index (χ3v) is 7.45. The molecule has 4 nitrogen and oxygen atoms in total. The van der Waals surface area contributed by atoms with Gasteiger partial charge in [-0.15, -0.1) is 11.8 Å². The predicted molar refractivity (Wildman–Crippen MR) is 93.2 cm³/mol. The molecule has 0 bridgehead atoms. The molecule has 1 aliphatic rings. The first-order valence-corrected chi connectivity index (χ1v) is 10.2. The molecule has 0 aliphatic carbocycles. The van der Waals surface area contributed by atoms with E-state index in [2.05, 4.69) is 0 Å². The molecule has 124 valence electrons. The van der Waals surface area contributed by atoms with Crippen LogP contribution in [0, 0.1) is 13.8 Å². The fourth-order valence-electron chi connectivity index (χ4n) is 2.82. The van der Waals surface area contributed by atoms with Gasteiger partial charge in [-0.2, -0.15) is 4.31 Å². The second-order valence-corrected chi connectivity index (χ2v) is 9.05. The number of nitrogens with zero attached hydrogens (tertiary/aromatic N) is 1. The first-order chi connectivity index (χ1) is 11.0. The molecule has 1 unspecified atom stereocenters. The van der Waals surface area contributed by atoms with Crippen LogP contribution in [0.4, 0.5) is 0 Å². The third kappa shape index (κ3) is 3.49. The Morgan fingerprint density at radius 1 is 1.22 bits per heavy atom. The van der Waals surface area contributed by atoms with Crippen LogP contribution in [0.5, 0.6) is 0 Å². The van der Waals surface area contributed by atoms with Gasteiger partial charge < -0.3 is 4.42 Å². The molecule has 1 aromatic heterocycles. The van der Waals surface area contributed by atoms with E-state index in [0.717, 1.165) is 29.1 Å². The van der Waals surface area contributed by atoms with Crippen molar-refractivity contribution in [3.8, 4) is 0 Å². The normalized spacial score (nSPS) is 20.3. The average Bonchev–Trinajstić information content (AvgIpc) is 2.93. The molecule has 1 fully saturated rings. The molecule has 0 saturated carbocycles. The summed E-state index contributed by atoms with van der Waals surface area (Å²) in [6.45, 7) is 4.83. The van der Waals surface area contributed by atoms with Gasteiger partial charge in [-0.1, -0.05) is 12.1 Å². The maximum Gasteiger partial charge on any atom is 0.243 e. The summed E-state index contributed by atoms with van der Waals surface area (Å²) in [5.74, 6) is 1.70. The molecule has 2 heterocycles. The molecule has 0 spiro atoms. The molecule has 23 heavy (non-hydrogen) atoms. The van der Waals surface area contributed by atoms with E-state index in [9.17, 15) is 8.42 Å². The number of sulfonamides is 1. The molecule has 1 saturated heterocycles. The number of benzene rings is 1. The van der Waals surface area contributed by atoms with Gasteiger partial charge in [0.1, 0.15) is 5.76 Å². The van der Waals surface area contributed by atoms with Crippen LogP contribution in [0.2, 0.25) is 0 Å². The summed E-state index contributed by atoms with van der Waals surface area (Å²) in [6, 6.07) is 9.44. The van der Waals surface area contributed by atoms with E-state index in [-0.39, 0.29) is 5.25 Å². The van der Waals surface area contributed by atoms with Crippen LogP contribution < -0.4 is 0 Å². The van der Waals surface area contributed by atoms with Crippen LogP contribution in [0.25, 0.3) is 0 Å². The molecule has 0 radical (unpaired) electrons. The Labute approximate surface area is 141 Å². The average molecular weight is 351 g/mol. The summed E-state index contributed by atoms with van der Waals surface area (Å²) in [5.41, 5.74) is 1.77. The smallest absolute Gasteiger partial charge is 0.243 e. The minimum absolute atomic E-state index is 0.226. The van der Waals surface area contributed by atoms with Crippen molar-refractivity contribution in [3.05, 3.63) is 53.5 Å². The van der Waals surface area contributed by atoms with Crippen molar-refractivity contribution >= 4 is 21.8 Å². The van der Waals surface area contributed by atoms with Gasteiger partial charge in [-0.25, -0.2) is 8.42 Å². The number of aryl methyl sites for hydroxylation is 2. The van der Waals surface area contributed by atoms with Crippen LogP contribution in [0.15, 0.2) is 45.9 Å². The Morgan fingerprint density at radius 3 is 2.78 bits per heavy atom. The van der Waals surface area contributed by atoms with Gasteiger partial charge in [-0.3, -0.25) is 0 Å². The highest BCUT2D eigenvalue weighted by atomic mass is 32.2. The second-order valence-electron chi connectivity index (χ2n) is 5.84. The molecule has 1 aliphatic heterocycles. The summed E-state index contributed by atoms with van der Waals surface area (Å²) < 4.78 is 33.1. The summed E-state index contributed by atoms with van der Waals surface area (Å²) in [7, 11) is -3.44. The van der Waals surface area contributed by atoms with E-state index >= 15 is 0 Å². The van der Waals surface area contributed by atoms with E-state index < -0.39 is 10.0 Å². The zero-order valence-corrected chi connectivity index (χ0v) is 15.0. The standard InChI is InChI=1S/C17H21NO3S2/c1-13-5-6-14(2)17(12-13)23(19,20)18-8-7-16(22-11-9-18)15-4-3-10-21-15/h3-6,10,12,16H,7-9,11H2,1-2H3. The summed E-state index contributed by atoms with van der Waals surface area (Å²) in [6.07, 6.45) is 2.44. The minimum atomic E-state index is -3.44. The zero-order valence-electron chi connectivity index (χ0n) is 13.4. The van der Waals surface area contributed by atoms with Crippen LogP contribution in [0.3, 0.4) is 0 Å². The van der Waals surface area contributed by atoms with Crippen molar-refractivity contribution in [1.82, 2.24) is 4.31 Å². The van der Waals surface area contributed by atoms with E-state index in [4.69, 9.17) is 4.42 Å². The molecule has 0 N–H and O–H groups in total. The van der Waals surface area contributed by atoms with Crippen LogP contribution >= 0.6 is 11.8 Å². The highest BCUT2D eigenvalue weighted by molar-refractivity contribution is 7.99. The number of thioether (sulfide) groups is 1. The fraction of sp³-hybridized carbons (Fsp3) is 0.412. The summed E-state index contributed by atoms with van der Waals surface area (Å²) >= 11 is 1.76. The van der Waals surface area contributed by atoms with Gasteiger partial charge in [0.25, 0.3) is 0 Å². The van der Waals surface area contributed by atoms with Crippen molar-refractivity contribution in [2.24, 2.45) is 0 Å². The molecular weight excluding hydrogens is 330 g/mol. The van der Waals surface area contributed by atoms with Crippen molar-refractivity contribution in [2.45, 2.75) is 30.4 Å². The van der Waals surface area contributed by atoms with Gasteiger partial charge >= 0.3 is 0 Å². The van der Waals surface area contributed by atoms with Gasteiger partial charge in [-0.05, 0) is 49.6 Å². The predicted octanol–water partition coefficient (Wildman–Crippen LogP) is 3.77. The van der Waals surface area contributed by atoms with Gasteiger partial charge in [0, 0.05) is 18.8 Å². The van der Waals surface area contributed by atoms with Crippen LogP contribution in [0.1, 0.15) is 28.6 Å². The van der Waals surface area contributed by atoms with Crippen molar-refractivity contribution < 1.29 is 12.8 Å². The maximum absolute atomic E-state index is 13.0. The molecule has 1 aromatic carbocycles. The third-order valence-electron chi connectivity index (χ3n) is 4.12. The van der Waals surface area contributed by atoms with Crippen molar-refractivity contribution in [2.75, 3.05) is 18.8 Å². The summed E-state index contributed by atoms with van der Waals surface area (Å²) in [5, 5.41) is 0.226. The first-order valence-electron chi connectivity index (χ1n) is 7.71. The molecule has 1 atom stereocenters. The first kappa shape index (κ1) is 16.6. The van der Waals surface area contributed by atoms with Gasteiger partial charge in [0.2, 0.25) is 10.0 Å². The number of hydrogen-bond donors (Lipinski definition) is 0. The lowest BCUT2D eigenvalue weighted by atomic mass is 10.2. The highest BCUT2D eigenvalue weighted by Gasteiger charge is 2.30. The van der Waals surface area contributed by atoms with E-state index in [1.165, 1.54) is 0 Å². The second kappa shape index (κ2) is 6.71. The van der Waals surface area contributed by atoms with Crippen LogP contribution in [-0.2, 0) is 10.0 Å². The number of furan rings is 1. The fourth-order valence-corrected chi connectivity index (χ4v) is 5.88. The van der Waals surface area contributed by atoms with E-state index in [1.807, 2.05) is 38.1 Å². The Morgan fingerprint density at radius 2 is 2.04 bits per heavy atom. The minimum Gasteiger partial charge on any atom is -0.468 e. The Kier molecular flexibility index (Phi) is 4.85. The van der Waals surface area contributed by atoms with Crippen molar-refractivity contribution in [1.29, 1.82) is 0 Å². The monoisotopic (exact) mass is 351 g/mol. The van der Waals surface area contributed by atoms with E-state index in [1.54, 1.807) is 28.4 Å². The van der Waals surface area contributed by atoms with Crippen LogP contribution in [-0.4, -0.2) is 31.6 Å². The summed E-state index contributed by atoms with van der Waals surface area (Å²) in [4.78, 5) is 0.430. The molecule has 6 heteroatoms. The number of rotatable bonds is 3. The Bertz CT molecular complexity index is 769. The molecule has 2 aromatic rings. The SMILES string of the molecule is Cc1ccc(C)c(S(=O)(=O)N2CCSC(c3ccco3)CC2)c1. The van der Waals surface area contributed by atoms with Gasteiger partial charge in [0.15, 0.2) is 0 Å². The zero-order chi connectivity index (χ0) is 16.4. The largest absolute Gasteiger partial charge is 0.468 e. The molecular formula is C17H21NO3S2. The molecule has 0 amide bonds. The number of hydrogen-bond acceptors (Lipinski definition) is 4. The highest BCUT2D eigenvalue weighted by Crippen LogP contribution is 2.36. The lowest BCUT2D eigenvalue weighted by Crippen LogP contribution is -2.33. The molecule has 3 rings (SSSR count). The maximum atomic E-state index is 13.0. The Balaban J connectivity index is 1.82.